The summed E-state index contributed by atoms with van der Waals surface area (Å²) in [5.41, 5.74) is 2.77. The number of nitriles is 1. The summed E-state index contributed by atoms with van der Waals surface area (Å²) in [7, 11) is 0. The molecule has 1 unspecified atom stereocenters. The highest BCUT2D eigenvalue weighted by Crippen LogP contribution is 2.23. The van der Waals surface area contributed by atoms with Crippen LogP contribution in [0.3, 0.4) is 0 Å². The van der Waals surface area contributed by atoms with Gasteiger partial charge in [-0.2, -0.15) is 5.26 Å². The number of aryl methyl sites for hydroxylation is 1. The van der Waals surface area contributed by atoms with Gasteiger partial charge < -0.3 is 9.88 Å². The van der Waals surface area contributed by atoms with Crippen molar-refractivity contribution in [1.82, 2.24) is 9.88 Å². The molecule has 0 fully saturated rings. The third-order valence-corrected chi connectivity index (χ3v) is 4.37. The van der Waals surface area contributed by atoms with Crippen molar-refractivity contribution < 1.29 is 13.6 Å². The number of para-hydroxylation sites is 1. The number of benzene rings is 2. The molecule has 1 amide bonds. The van der Waals surface area contributed by atoms with E-state index >= 15 is 0 Å². The van der Waals surface area contributed by atoms with Gasteiger partial charge in [0.05, 0.1) is 11.6 Å². The zero-order chi connectivity index (χ0) is 19.6. The lowest BCUT2D eigenvalue weighted by Crippen LogP contribution is -2.28. The molecule has 0 bridgehead atoms. The summed E-state index contributed by atoms with van der Waals surface area (Å²) in [6.07, 6.45) is 0. The molecule has 0 aliphatic heterocycles. The highest BCUT2D eigenvalue weighted by atomic mass is 19.1. The lowest BCUT2D eigenvalue weighted by atomic mass is 10.1. The quantitative estimate of drug-likeness (QED) is 0.746. The average molecular weight is 365 g/mol. The number of halogens is 2. The van der Waals surface area contributed by atoms with Crippen molar-refractivity contribution in [2.75, 3.05) is 0 Å². The minimum absolute atomic E-state index is 0.0795. The van der Waals surface area contributed by atoms with Crippen LogP contribution in [-0.2, 0) is 0 Å². The molecule has 2 aromatic carbocycles. The molecule has 1 heterocycles. The second-order valence-electron chi connectivity index (χ2n) is 6.16. The Balaban J connectivity index is 1.91. The Morgan fingerprint density at radius 1 is 1.11 bits per heavy atom. The number of rotatable bonds is 4. The van der Waals surface area contributed by atoms with Gasteiger partial charge in [0.25, 0.3) is 5.91 Å². The molecular formula is C21H17F2N3O. The van der Waals surface area contributed by atoms with Crippen LogP contribution < -0.4 is 5.32 Å². The Labute approximate surface area is 155 Å². The predicted molar refractivity (Wildman–Crippen MR) is 97.4 cm³/mol. The molecular weight excluding hydrogens is 348 g/mol. The summed E-state index contributed by atoms with van der Waals surface area (Å²) in [5.74, 6) is -2.12. The van der Waals surface area contributed by atoms with Gasteiger partial charge >= 0.3 is 0 Å². The Hall–Kier alpha value is -3.46. The van der Waals surface area contributed by atoms with E-state index < -0.39 is 23.6 Å². The summed E-state index contributed by atoms with van der Waals surface area (Å²) in [6.45, 7) is 3.67. The fourth-order valence-corrected chi connectivity index (χ4v) is 3.09. The monoisotopic (exact) mass is 365 g/mol. The average Bonchev–Trinajstić information content (AvgIpc) is 2.95. The molecule has 4 nitrogen and oxygen atoms in total. The zero-order valence-electron chi connectivity index (χ0n) is 14.8. The molecule has 27 heavy (non-hydrogen) atoms. The molecule has 3 aromatic rings. The number of carbonyl (C=O) groups excluding carboxylic acids is 1. The van der Waals surface area contributed by atoms with E-state index in [0.717, 1.165) is 23.5 Å². The molecule has 1 atom stereocenters. The molecule has 0 spiro atoms. The molecule has 6 heteroatoms. The number of aromatic nitrogens is 1. The van der Waals surface area contributed by atoms with Gasteiger partial charge in [0.2, 0.25) is 0 Å². The van der Waals surface area contributed by atoms with Crippen LogP contribution in [0.15, 0.2) is 54.6 Å². The van der Waals surface area contributed by atoms with E-state index in [0.29, 0.717) is 17.3 Å². The van der Waals surface area contributed by atoms with Gasteiger partial charge in [0, 0.05) is 28.7 Å². The van der Waals surface area contributed by atoms with E-state index in [1.54, 1.807) is 13.0 Å². The molecule has 1 N–H and O–H groups in total. The first-order chi connectivity index (χ1) is 12.9. The minimum atomic E-state index is -1.22. The summed E-state index contributed by atoms with van der Waals surface area (Å²) in [6, 6.07) is 14.8. The van der Waals surface area contributed by atoms with Crippen LogP contribution in [0, 0.1) is 36.8 Å². The molecule has 0 saturated carbocycles. The fraction of sp³-hybridized carbons (Fsp3) is 0.143. The number of nitrogens with zero attached hydrogens (tertiary/aromatic N) is 2. The number of amides is 1. The second kappa shape index (κ2) is 7.42. The first-order valence-corrected chi connectivity index (χ1v) is 8.32. The zero-order valence-corrected chi connectivity index (χ0v) is 14.8. The van der Waals surface area contributed by atoms with Crippen LogP contribution in [0.25, 0.3) is 5.69 Å². The van der Waals surface area contributed by atoms with Crippen molar-refractivity contribution in [3.8, 4) is 11.8 Å². The van der Waals surface area contributed by atoms with E-state index in [2.05, 4.69) is 5.32 Å². The maximum absolute atomic E-state index is 14.0. The molecule has 0 radical (unpaired) electrons. The topological polar surface area (TPSA) is 57.8 Å². The van der Waals surface area contributed by atoms with Crippen LogP contribution in [0.4, 0.5) is 8.78 Å². The lowest BCUT2D eigenvalue weighted by Gasteiger charge is -2.13. The van der Waals surface area contributed by atoms with Crippen molar-refractivity contribution in [3.05, 3.63) is 88.7 Å². The summed E-state index contributed by atoms with van der Waals surface area (Å²) < 4.78 is 29.0. The Bertz CT molecular complexity index is 1040. The van der Waals surface area contributed by atoms with Crippen LogP contribution in [0.2, 0.25) is 0 Å². The summed E-state index contributed by atoms with van der Waals surface area (Å²) >= 11 is 0. The smallest absolute Gasteiger partial charge is 0.254 e. The third-order valence-electron chi connectivity index (χ3n) is 4.37. The number of nitrogens with one attached hydrogen (secondary N) is 1. The van der Waals surface area contributed by atoms with Crippen LogP contribution in [0.5, 0.6) is 0 Å². The SMILES string of the molecule is Cc1cc(C(=O)NC(C#N)c2ccc(F)cc2F)c(C)n1-c1ccccc1. The van der Waals surface area contributed by atoms with E-state index in [1.165, 1.54) is 0 Å². The fourth-order valence-electron chi connectivity index (χ4n) is 3.09. The molecule has 3 rings (SSSR count). The molecule has 1 aromatic heterocycles. The van der Waals surface area contributed by atoms with Crippen molar-refractivity contribution >= 4 is 5.91 Å². The van der Waals surface area contributed by atoms with Gasteiger partial charge in [0.1, 0.15) is 17.7 Å². The van der Waals surface area contributed by atoms with Crippen molar-refractivity contribution in [3.63, 3.8) is 0 Å². The highest BCUT2D eigenvalue weighted by Gasteiger charge is 2.22. The Kier molecular flexibility index (Phi) is 5.04. The van der Waals surface area contributed by atoms with Crippen molar-refractivity contribution in [1.29, 1.82) is 5.26 Å². The summed E-state index contributed by atoms with van der Waals surface area (Å²) in [5, 5.41) is 11.9. The summed E-state index contributed by atoms with van der Waals surface area (Å²) in [4.78, 5) is 12.7. The molecule has 136 valence electrons. The number of hydrogen-bond acceptors (Lipinski definition) is 2. The van der Waals surface area contributed by atoms with Gasteiger partial charge in [-0.05, 0) is 38.1 Å². The van der Waals surface area contributed by atoms with Gasteiger partial charge in [-0.3, -0.25) is 4.79 Å². The second-order valence-corrected chi connectivity index (χ2v) is 6.16. The van der Waals surface area contributed by atoms with E-state index in [4.69, 9.17) is 0 Å². The molecule has 0 saturated heterocycles. The highest BCUT2D eigenvalue weighted by molar-refractivity contribution is 5.96. The van der Waals surface area contributed by atoms with Gasteiger partial charge in [-0.15, -0.1) is 0 Å². The van der Waals surface area contributed by atoms with Crippen LogP contribution in [-0.4, -0.2) is 10.5 Å². The molecule has 0 aliphatic rings. The maximum atomic E-state index is 14.0. The van der Waals surface area contributed by atoms with Crippen LogP contribution >= 0.6 is 0 Å². The number of hydrogen-bond donors (Lipinski definition) is 1. The maximum Gasteiger partial charge on any atom is 0.254 e. The van der Waals surface area contributed by atoms with Gasteiger partial charge in [-0.25, -0.2) is 8.78 Å². The normalized spacial score (nSPS) is 11.7. The molecule has 0 aliphatic carbocycles. The van der Waals surface area contributed by atoms with Crippen LogP contribution in [0.1, 0.15) is 33.4 Å². The van der Waals surface area contributed by atoms with Gasteiger partial charge in [0.15, 0.2) is 0 Å². The largest absolute Gasteiger partial charge is 0.332 e. The van der Waals surface area contributed by atoms with Gasteiger partial charge in [-0.1, -0.05) is 24.3 Å². The third kappa shape index (κ3) is 3.58. The first-order valence-electron chi connectivity index (χ1n) is 8.32. The number of carbonyl (C=O) groups is 1. The standard InChI is InChI=1S/C21H17F2N3O/c1-13-10-18(14(2)26(13)16-6-4-3-5-7-16)21(27)25-20(12-24)17-9-8-15(22)11-19(17)23/h3-11,20H,1-2H3,(H,25,27). The van der Waals surface area contributed by atoms with Crippen molar-refractivity contribution in [2.24, 2.45) is 0 Å². The Morgan fingerprint density at radius 3 is 2.44 bits per heavy atom. The first kappa shape index (κ1) is 18.3. The van der Waals surface area contributed by atoms with Crippen molar-refractivity contribution in [2.45, 2.75) is 19.9 Å². The minimum Gasteiger partial charge on any atom is -0.332 e. The lowest BCUT2D eigenvalue weighted by molar-refractivity contribution is 0.0944. The predicted octanol–water partition coefficient (Wildman–Crippen LogP) is 4.37. The Morgan fingerprint density at radius 2 is 1.81 bits per heavy atom. The van der Waals surface area contributed by atoms with E-state index in [-0.39, 0.29) is 5.56 Å². The van der Waals surface area contributed by atoms with E-state index in [9.17, 15) is 18.8 Å². The van der Waals surface area contributed by atoms with E-state index in [1.807, 2.05) is 47.9 Å².